The van der Waals surface area contributed by atoms with Crippen molar-refractivity contribution >= 4 is 11.8 Å². The Hall–Kier alpha value is -1.14. The molecule has 0 radical (unpaired) electrons. The zero-order valence-electron chi connectivity index (χ0n) is 12.2. The summed E-state index contributed by atoms with van der Waals surface area (Å²) in [6.45, 7) is 5.97. The predicted molar refractivity (Wildman–Crippen MR) is 73.1 cm³/mol. The van der Waals surface area contributed by atoms with E-state index >= 15 is 0 Å². The molecule has 6 heteroatoms. The maximum atomic E-state index is 12.6. The summed E-state index contributed by atoms with van der Waals surface area (Å²) in [5.41, 5.74) is 0. The van der Waals surface area contributed by atoms with E-state index in [9.17, 15) is 9.59 Å². The third-order valence-electron chi connectivity index (χ3n) is 4.75. The van der Waals surface area contributed by atoms with Crippen LogP contribution in [0.2, 0.25) is 0 Å². The lowest BCUT2D eigenvalue weighted by atomic mass is 9.94. The number of rotatable bonds is 1. The first kappa shape index (κ1) is 13.8. The van der Waals surface area contributed by atoms with Crippen LogP contribution in [0.5, 0.6) is 0 Å². The molecule has 2 amide bonds. The Morgan fingerprint density at radius 2 is 1.90 bits per heavy atom. The first-order chi connectivity index (χ1) is 9.56. The Kier molecular flexibility index (Phi) is 3.69. The van der Waals surface area contributed by atoms with E-state index in [1.165, 1.54) is 0 Å². The van der Waals surface area contributed by atoms with Crippen molar-refractivity contribution in [1.29, 1.82) is 0 Å². The highest BCUT2D eigenvalue weighted by Crippen LogP contribution is 2.26. The molecule has 0 aromatic heterocycles. The molecular formula is C14H23N3O3. The van der Waals surface area contributed by atoms with Gasteiger partial charge < -0.3 is 19.4 Å². The topological polar surface area (TPSA) is 53.1 Å². The minimum atomic E-state index is -0.00937. The van der Waals surface area contributed by atoms with Crippen LogP contribution in [0.15, 0.2) is 0 Å². The van der Waals surface area contributed by atoms with E-state index in [2.05, 4.69) is 11.9 Å². The van der Waals surface area contributed by atoms with Gasteiger partial charge in [-0.05, 0) is 13.5 Å². The van der Waals surface area contributed by atoms with Crippen molar-refractivity contribution in [1.82, 2.24) is 14.7 Å². The third-order valence-corrected chi connectivity index (χ3v) is 4.75. The number of nitrogens with zero attached hydrogens (tertiary/aromatic N) is 3. The summed E-state index contributed by atoms with van der Waals surface area (Å²) >= 11 is 0. The molecule has 0 aliphatic carbocycles. The predicted octanol–water partition coefficient (Wildman–Crippen LogP) is -0.604. The molecule has 112 valence electrons. The van der Waals surface area contributed by atoms with E-state index in [0.717, 1.165) is 19.5 Å². The minimum Gasteiger partial charge on any atom is -0.374 e. The number of likely N-dealkylation sites (tertiary alicyclic amines) is 2. The second-order valence-corrected chi connectivity index (χ2v) is 6.18. The Morgan fingerprint density at radius 1 is 1.15 bits per heavy atom. The van der Waals surface area contributed by atoms with Crippen LogP contribution in [0.4, 0.5) is 0 Å². The molecule has 0 spiro atoms. The number of ether oxygens (including phenoxy) is 1. The second kappa shape index (κ2) is 5.33. The van der Waals surface area contributed by atoms with Crippen molar-refractivity contribution in [3.8, 4) is 0 Å². The molecular weight excluding hydrogens is 258 g/mol. The van der Waals surface area contributed by atoms with E-state index in [1.54, 1.807) is 11.8 Å². The number of amides is 2. The number of likely N-dealkylation sites (N-methyl/N-ethyl adjacent to an activating group) is 1. The summed E-state index contributed by atoms with van der Waals surface area (Å²) in [5, 5.41) is 0. The van der Waals surface area contributed by atoms with E-state index in [4.69, 9.17) is 4.74 Å². The fraction of sp³-hybridized carbons (Fsp3) is 0.857. The van der Waals surface area contributed by atoms with Crippen LogP contribution in [-0.4, -0.2) is 85.0 Å². The molecule has 3 saturated heterocycles. The maximum absolute atomic E-state index is 12.6. The number of piperidine rings is 1. The summed E-state index contributed by atoms with van der Waals surface area (Å²) in [4.78, 5) is 29.8. The van der Waals surface area contributed by atoms with E-state index in [1.807, 2.05) is 4.90 Å². The van der Waals surface area contributed by atoms with Gasteiger partial charge in [-0.3, -0.25) is 9.59 Å². The first-order valence-electron chi connectivity index (χ1n) is 7.42. The summed E-state index contributed by atoms with van der Waals surface area (Å²) in [6.07, 6.45) is 1.18. The van der Waals surface area contributed by atoms with Gasteiger partial charge in [0.25, 0.3) is 0 Å². The molecule has 3 aliphatic rings. The zero-order valence-corrected chi connectivity index (χ0v) is 12.2. The molecule has 3 aliphatic heterocycles. The van der Waals surface area contributed by atoms with Crippen LogP contribution in [0.3, 0.4) is 0 Å². The maximum Gasteiger partial charge on any atom is 0.229 e. The van der Waals surface area contributed by atoms with E-state index in [-0.39, 0.29) is 29.9 Å². The molecule has 2 unspecified atom stereocenters. The summed E-state index contributed by atoms with van der Waals surface area (Å²) in [7, 11) is 2.09. The highest BCUT2D eigenvalue weighted by Gasteiger charge is 2.43. The van der Waals surface area contributed by atoms with Crippen LogP contribution < -0.4 is 0 Å². The fourth-order valence-electron chi connectivity index (χ4n) is 3.43. The molecule has 0 aromatic rings. The standard InChI is InChI=1S/C14H23N3O3/c1-10(18)16-7-11(8-16)14(19)17-5-6-20-13-3-4-15(2)9-12(13)17/h11-13H,3-9H2,1-2H3. The Morgan fingerprint density at radius 3 is 2.60 bits per heavy atom. The monoisotopic (exact) mass is 281 g/mol. The smallest absolute Gasteiger partial charge is 0.229 e. The molecule has 0 N–H and O–H groups in total. The van der Waals surface area contributed by atoms with Crippen molar-refractivity contribution in [2.24, 2.45) is 5.92 Å². The van der Waals surface area contributed by atoms with Crippen molar-refractivity contribution in [3.63, 3.8) is 0 Å². The molecule has 2 atom stereocenters. The summed E-state index contributed by atoms with van der Waals surface area (Å²) in [6, 6.07) is 0.182. The minimum absolute atomic E-state index is 0.00937. The number of morpholine rings is 1. The van der Waals surface area contributed by atoms with Gasteiger partial charge in [-0.15, -0.1) is 0 Å². The van der Waals surface area contributed by atoms with Gasteiger partial charge in [-0.2, -0.15) is 0 Å². The number of fused-ring (bicyclic) bond motifs is 1. The zero-order chi connectivity index (χ0) is 14.3. The molecule has 20 heavy (non-hydrogen) atoms. The second-order valence-electron chi connectivity index (χ2n) is 6.18. The quantitative estimate of drug-likeness (QED) is 0.644. The average Bonchev–Trinajstić information content (AvgIpc) is 2.35. The molecule has 3 fully saturated rings. The summed E-state index contributed by atoms with van der Waals surface area (Å²) in [5.74, 6) is 0.257. The Bertz CT molecular complexity index is 408. The van der Waals surface area contributed by atoms with Crippen LogP contribution in [0.25, 0.3) is 0 Å². The SMILES string of the molecule is CC(=O)N1CC(C(=O)N2CCOC3CCN(C)CC32)C1. The van der Waals surface area contributed by atoms with Gasteiger partial charge in [-0.1, -0.05) is 0 Å². The lowest BCUT2D eigenvalue weighted by molar-refractivity contribution is -0.162. The van der Waals surface area contributed by atoms with Gasteiger partial charge >= 0.3 is 0 Å². The largest absolute Gasteiger partial charge is 0.374 e. The van der Waals surface area contributed by atoms with Crippen molar-refractivity contribution in [3.05, 3.63) is 0 Å². The third kappa shape index (κ3) is 2.42. The van der Waals surface area contributed by atoms with Crippen LogP contribution in [-0.2, 0) is 14.3 Å². The van der Waals surface area contributed by atoms with Gasteiger partial charge in [0.15, 0.2) is 0 Å². The number of carbonyl (C=O) groups is 2. The Labute approximate surface area is 119 Å². The molecule has 0 bridgehead atoms. The van der Waals surface area contributed by atoms with Crippen molar-refractivity contribution < 1.29 is 14.3 Å². The highest BCUT2D eigenvalue weighted by atomic mass is 16.5. The fourth-order valence-corrected chi connectivity index (χ4v) is 3.43. The molecule has 3 heterocycles. The van der Waals surface area contributed by atoms with Gasteiger partial charge in [0, 0.05) is 39.6 Å². The van der Waals surface area contributed by atoms with Crippen LogP contribution >= 0.6 is 0 Å². The number of hydrogen-bond acceptors (Lipinski definition) is 4. The van der Waals surface area contributed by atoms with Gasteiger partial charge in [0.1, 0.15) is 0 Å². The van der Waals surface area contributed by atoms with E-state index in [0.29, 0.717) is 26.2 Å². The van der Waals surface area contributed by atoms with Gasteiger partial charge in [-0.25, -0.2) is 0 Å². The normalized spacial score (nSPS) is 31.7. The van der Waals surface area contributed by atoms with Gasteiger partial charge in [0.05, 0.1) is 24.7 Å². The molecule has 6 nitrogen and oxygen atoms in total. The van der Waals surface area contributed by atoms with Gasteiger partial charge in [0.2, 0.25) is 11.8 Å². The highest BCUT2D eigenvalue weighted by molar-refractivity contribution is 5.84. The van der Waals surface area contributed by atoms with Crippen LogP contribution in [0, 0.1) is 5.92 Å². The lowest BCUT2D eigenvalue weighted by Crippen LogP contribution is -2.64. The Balaban J connectivity index is 1.63. The summed E-state index contributed by atoms with van der Waals surface area (Å²) < 4.78 is 5.82. The number of hydrogen-bond donors (Lipinski definition) is 0. The van der Waals surface area contributed by atoms with Crippen molar-refractivity contribution in [2.45, 2.75) is 25.5 Å². The molecule has 0 aromatic carbocycles. The molecule has 0 saturated carbocycles. The average molecular weight is 281 g/mol. The first-order valence-corrected chi connectivity index (χ1v) is 7.42. The molecule has 3 rings (SSSR count). The van der Waals surface area contributed by atoms with E-state index < -0.39 is 0 Å². The number of carbonyl (C=O) groups excluding carboxylic acids is 2. The lowest BCUT2D eigenvalue weighted by Gasteiger charge is -2.49. The van der Waals surface area contributed by atoms with Crippen LogP contribution in [0.1, 0.15) is 13.3 Å². The van der Waals surface area contributed by atoms with Crippen molar-refractivity contribution in [2.75, 3.05) is 46.4 Å².